The third kappa shape index (κ3) is 5.18. The largest absolute Gasteiger partial charge is 0.596 e. The van der Waals surface area contributed by atoms with E-state index in [1.807, 2.05) is 6.92 Å². The summed E-state index contributed by atoms with van der Waals surface area (Å²) in [7, 11) is 0. The highest BCUT2D eigenvalue weighted by atomic mass is 32.2. The molecule has 4 nitrogen and oxygen atoms in total. The first-order valence-corrected chi connectivity index (χ1v) is 7.40. The van der Waals surface area contributed by atoms with Gasteiger partial charge >= 0.3 is 5.97 Å². The summed E-state index contributed by atoms with van der Waals surface area (Å²) in [6.07, 6.45) is 7.08. The minimum atomic E-state index is -1.24. The third-order valence-electron chi connectivity index (χ3n) is 2.86. The van der Waals surface area contributed by atoms with Gasteiger partial charge in [0.25, 0.3) is 0 Å². The molecule has 1 unspecified atom stereocenters. The van der Waals surface area contributed by atoms with Gasteiger partial charge in [0.15, 0.2) is 0 Å². The Morgan fingerprint density at radius 3 is 2.75 bits per heavy atom. The zero-order valence-electron chi connectivity index (χ0n) is 9.87. The maximum atomic E-state index is 11.6. The van der Waals surface area contributed by atoms with Gasteiger partial charge in [0, 0.05) is 4.89 Å². The quantitative estimate of drug-likeness (QED) is 0.576. The van der Waals surface area contributed by atoms with Crippen LogP contribution >= 0.6 is 0 Å². The van der Waals surface area contributed by atoms with Gasteiger partial charge in [0.1, 0.15) is 5.75 Å². The van der Waals surface area contributed by atoms with Gasteiger partial charge < -0.3 is 9.39 Å². The molecule has 5 heteroatoms. The second-order valence-corrected chi connectivity index (χ2v) is 5.51. The molecule has 1 N–H and O–H groups in total. The highest BCUT2D eigenvalue weighted by Crippen LogP contribution is 2.24. The molecule has 0 saturated heterocycles. The maximum absolute atomic E-state index is 11.6. The Kier molecular flexibility index (Phi) is 6.84. The van der Waals surface area contributed by atoms with Crippen LogP contribution in [0.5, 0.6) is 0 Å². The van der Waals surface area contributed by atoms with Crippen LogP contribution in [-0.4, -0.2) is 16.3 Å². The summed E-state index contributed by atoms with van der Waals surface area (Å²) in [5, 5.41) is 0. The van der Waals surface area contributed by atoms with Gasteiger partial charge in [0.2, 0.25) is 0 Å². The zero-order valence-corrected chi connectivity index (χ0v) is 10.7. The Morgan fingerprint density at radius 2 is 2.12 bits per heavy atom. The van der Waals surface area contributed by atoms with Crippen molar-refractivity contribution in [3.8, 4) is 0 Å². The van der Waals surface area contributed by atoms with Crippen LogP contribution in [0.4, 0.5) is 0 Å². The highest BCUT2D eigenvalue weighted by molar-refractivity contribution is 7.89. The monoisotopic (exact) mass is 247 g/mol. The predicted molar refractivity (Wildman–Crippen MR) is 63.7 cm³/mol. The summed E-state index contributed by atoms with van der Waals surface area (Å²) < 4.78 is 11.3. The second-order valence-electron chi connectivity index (χ2n) is 4.24. The predicted octanol–water partition coefficient (Wildman–Crippen LogP) is 2.08. The van der Waals surface area contributed by atoms with E-state index in [4.69, 9.17) is 4.84 Å². The smallest absolute Gasteiger partial charge is 0.333 e. The highest BCUT2D eigenvalue weighted by Gasteiger charge is 2.24. The number of carbonyl (C=O) groups excluding carboxylic acids is 1. The van der Waals surface area contributed by atoms with Crippen LogP contribution in [0.3, 0.4) is 0 Å². The third-order valence-corrected chi connectivity index (χ3v) is 3.79. The van der Waals surface area contributed by atoms with Gasteiger partial charge in [-0.25, -0.2) is 4.79 Å². The summed E-state index contributed by atoms with van der Waals surface area (Å²) in [5.74, 6) is 0.294. The maximum Gasteiger partial charge on any atom is 0.333 e. The number of unbranched alkanes of at least 4 members (excludes halogenated alkanes) is 1. The fraction of sp³-hybridized carbons (Fsp3) is 0.909. The van der Waals surface area contributed by atoms with Crippen LogP contribution in [-0.2, 0) is 21.0 Å². The molecule has 1 rings (SSSR count). The van der Waals surface area contributed by atoms with Gasteiger partial charge in [-0.1, -0.05) is 32.6 Å². The molecular weight excluding hydrogens is 226 g/mol. The molecule has 1 fully saturated rings. The van der Waals surface area contributed by atoms with E-state index in [-0.39, 0.29) is 11.9 Å². The molecule has 0 radical (unpaired) electrons. The molecule has 1 atom stereocenters. The number of hydrogen-bond acceptors (Lipinski definition) is 4. The van der Waals surface area contributed by atoms with Gasteiger partial charge in [-0.05, 0) is 19.3 Å². The van der Waals surface area contributed by atoms with E-state index in [1.54, 1.807) is 0 Å². The van der Waals surface area contributed by atoms with Gasteiger partial charge in [-0.2, -0.15) is 0 Å². The average molecular weight is 247 g/mol. The molecule has 1 saturated carbocycles. The molecule has 0 aliphatic heterocycles. The lowest BCUT2D eigenvalue weighted by atomic mass is 9.89. The molecule has 0 aromatic rings. The molecule has 0 aromatic heterocycles. The number of rotatable bonds is 6. The average Bonchev–Trinajstić information content (AvgIpc) is 2.34. The molecule has 0 amide bonds. The lowest BCUT2D eigenvalue weighted by Crippen LogP contribution is -2.32. The van der Waals surface area contributed by atoms with Crippen LogP contribution in [0.15, 0.2) is 0 Å². The van der Waals surface area contributed by atoms with Gasteiger partial charge in [-0.3, -0.25) is 0 Å². The standard InChI is InChI=1S/C11H21NO3S/c1-2-3-9-16(14)12-15-11(13)10-7-5-4-6-8-10/h10,12H,2-9H2,1H3. The van der Waals surface area contributed by atoms with Crippen molar-refractivity contribution in [2.24, 2.45) is 5.92 Å². The van der Waals surface area contributed by atoms with Crippen molar-refractivity contribution >= 4 is 17.3 Å². The Hall–Kier alpha value is -0.260. The van der Waals surface area contributed by atoms with Crippen LogP contribution in [0.1, 0.15) is 51.9 Å². The van der Waals surface area contributed by atoms with Crippen LogP contribution < -0.4 is 4.89 Å². The van der Waals surface area contributed by atoms with Crippen molar-refractivity contribution in [3.05, 3.63) is 0 Å². The van der Waals surface area contributed by atoms with E-state index in [0.29, 0.717) is 5.75 Å². The second kappa shape index (κ2) is 7.92. The molecule has 0 aromatic carbocycles. The Labute approximate surface area is 100 Å². The summed E-state index contributed by atoms with van der Waals surface area (Å²) >= 11 is -1.24. The van der Waals surface area contributed by atoms with E-state index in [9.17, 15) is 9.35 Å². The van der Waals surface area contributed by atoms with Gasteiger partial charge in [-0.15, -0.1) is 0 Å². The van der Waals surface area contributed by atoms with Gasteiger partial charge in [0.05, 0.1) is 17.3 Å². The summed E-state index contributed by atoms with van der Waals surface area (Å²) in [6, 6.07) is 0. The fourth-order valence-electron chi connectivity index (χ4n) is 1.83. The number of hydrogen-bond donors (Lipinski definition) is 1. The van der Waals surface area contributed by atoms with E-state index in [2.05, 4.69) is 4.89 Å². The van der Waals surface area contributed by atoms with Crippen molar-refractivity contribution in [2.75, 3.05) is 5.75 Å². The molecule has 94 valence electrons. The summed E-state index contributed by atoms with van der Waals surface area (Å²) in [6.45, 7) is 2.03. The zero-order chi connectivity index (χ0) is 11.8. The summed E-state index contributed by atoms with van der Waals surface area (Å²) in [5.41, 5.74) is 0. The number of nitrogens with one attached hydrogen (secondary N) is 1. The Bertz CT molecular complexity index is 207. The minimum absolute atomic E-state index is 0.00410. The van der Waals surface area contributed by atoms with Crippen molar-refractivity contribution in [3.63, 3.8) is 0 Å². The molecular formula is C11H21NO3S. The Morgan fingerprint density at radius 1 is 1.44 bits per heavy atom. The van der Waals surface area contributed by atoms with E-state index in [0.717, 1.165) is 38.5 Å². The first-order valence-electron chi connectivity index (χ1n) is 6.08. The van der Waals surface area contributed by atoms with Crippen molar-refractivity contribution < 1.29 is 14.2 Å². The summed E-state index contributed by atoms with van der Waals surface area (Å²) in [4.78, 5) is 18.7. The van der Waals surface area contributed by atoms with E-state index in [1.165, 1.54) is 6.42 Å². The van der Waals surface area contributed by atoms with Crippen LogP contribution in [0.25, 0.3) is 0 Å². The molecule has 1 aliphatic carbocycles. The lowest BCUT2D eigenvalue weighted by molar-refractivity contribution is -0.153. The molecule has 0 spiro atoms. The van der Waals surface area contributed by atoms with Crippen molar-refractivity contribution in [1.82, 2.24) is 4.89 Å². The first-order chi connectivity index (χ1) is 7.74. The molecule has 1 aliphatic rings. The Balaban J connectivity index is 2.13. The van der Waals surface area contributed by atoms with Crippen LogP contribution in [0, 0.1) is 5.92 Å². The molecule has 0 bridgehead atoms. The molecule has 16 heavy (non-hydrogen) atoms. The van der Waals surface area contributed by atoms with E-state index < -0.39 is 11.4 Å². The van der Waals surface area contributed by atoms with Crippen molar-refractivity contribution in [1.29, 1.82) is 0 Å². The van der Waals surface area contributed by atoms with Crippen molar-refractivity contribution in [2.45, 2.75) is 51.9 Å². The lowest BCUT2D eigenvalue weighted by Gasteiger charge is -2.19. The van der Waals surface area contributed by atoms with E-state index >= 15 is 0 Å². The fourth-order valence-corrected chi connectivity index (χ4v) is 2.64. The first kappa shape index (κ1) is 13.8. The normalized spacial score (nSPS) is 19.4. The SMILES string of the molecule is CCCC[S+]([O-])NOC(=O)C1CCCCC1. The molecule has 0 heterocycles. The van der Waals surface area contributed by atoms with Crippen LogP contribution in [0.2, 0.25) is 0 Å². The topological polar surface area (TPSA) is 61.4 Å². The number of carbonyl (C=O) groups is 1. The minimum Gasteiger partial charge on any atom is -0.596 e.